The molecular formula is C18H24ClNO6. The molecule has 7 nitrogen and oxygen atoms in total. The fraction of sp³-hybridized carbons (Fsp3) is 0.500. The van der Waals surface area contributed by atoms with Crippen molar-refractivity contribution < 1.29 is 29.0 Å². The van der Waals surface area contributed by atoms with Crippen LogP contribution in [0, 0.1) is 0 Å². The number of amides is 1. The number of halogens is 1. The molecule has 0 unspecified atom stereocenters. The number of ether oxygens (including phenoxy) is 2. The Morgan fingerprint density at radius 1 is 1.19 bits per heavy atom. The molecule has 1 aromatic rings. The fourth-order valence-electron chi connectivity index (χ4n) is 2.29. The van der Waals surface area contributed by atoms with E-state index in [0.29, 0.717) is 5.56 Å². The van der Waals surface area contributed by atoms with E-state index in [9.17, 15) is 14.4 Å². The van der Waals surface area contributed by atoms with Gasteiger partial charge in [-0.05, 0) is 32.8 Å². The Hall–Kier alpha value is -2.28. The van der Waals surface area contributed by atoms with E-state index in [1.165, 1.54) is 0 Å². The zero-order chi connectivity index (χ0) is 19.7. The Morgan fingerprint density at radius 3 is 2.31 bits per heavy atom. The molecule has 0 fully saturated rings. The van der Waals surface area contributed by atoms with Crippen LogP contribution in [0.1, 0.15) is 45.2 Å². The Kier molecular flexibility index (Phi) is 8.38. The van der Waals surface area contributed by atoms with Gasteiger partial charge in [-0.1, -0.05) is 41.9 Å². The van der Waals surface area contributed by atoms with Crippen molar-refractivity contribution in [2.24, 2.45) is 0 Å². The molecule has 144 valence electrons. The number of carbonyl (C=O) groups excluding carboxylic acids is 2. The maximum atomic E-state index is 12.8. The fourth-order valence-corrected chi connectivity index (χ4v) is 2.39. The monoisotopic (exact) mass is 385 g/mol. The highest BCUT2D eigenvalue weighted by atomic mass is 35.5. The minimum absolute atomic E-state index is 0.000819. The van der Waals surface area contributed by atoms with E-state index in [0.717, 1.165) is 4.90 Å². The molecule has 0 heterocycles. The van der Waals surface area contributed by atoms with Crippen LogP contribution in [-0.4, -0.2) is 46.3 Å². The molecule has 26 heavy (non-hydrogen) atoms. The second-order valence-corrected chi connectivity index (χ2v) is 6.77. The summed E-state index contributed by atoms with van der Waals surface area (Å²) in [5.41, 5.74) is -0.226. The lowest BCUT2D eigenvalue weighted by molar-refractivity contribution is -0.161. The predicted molar refractivity (Wildman–Crippen MR) is 95.8 cm³/mol. The summed E-state index contributed by atoms with van der Waals surface area (Å²) in [4.78, 5) is 37.1. The number of rotatable bonds is 8. The Labute approximate surface area is 157 Å². The van der Waals surface area contributed by atoms with Crippen molar-refractivity contribution in [3.63, 3.8) is 0 Å². The van der Waals surface area contributed by atoms with Crippen LogP contribution in [0.4, 0.5) is 4.79 Å². The van der Waals surface area contributed by atoms with Crippen molar-refractivity contribution >= 4 is 29.6 Å². The number of hydrogen-bond donors (Lipinski definition) is 1. The number of aliphatic carboxylic acids is 1. The van der Waals surface area contributed by atoms with Gasteiger partial charge < -0.3 is 14.6 Å². The molecule has 0 spiro atoms. The molecule has 1 amide bonds. The van der Waals surface area contributed by atoms with Gasteiger partial charge in [0.2, 0.25) is 0 Å². The first-order valence-electron chi connectivity index (χ1n) is 8.14. The highest BCUT2D eigenvalue weighted by Crippen LogP contribution is 2.26. The van der Waals surface area contributed by atoms with Crippen molar-refractivity contribution in [3.8, 4) is 0 Å². The van der Waals surface area contributed by atoms with Crippen molar-refractivity contribution in [1.82, 2.24) is 4.90 Å². The minimum atomic E-state index is -1.07. The molecule has 0 aliphatic rings. The van der Waals surface area contributed by atoms with Gasteiger partial charge in [0.1, 0.15) is 5.60 Å². The topological polar surface area (TPSA) is 93.1 Å². The molecule has 8 heteroatoms. The number of nitrogens with zero attached hydrogens (tertiary/aromatic N) is 1. The summed E-state index contributed by atoms with van der Waals surface area (Å²) in [6.07, 6.45) is -0.815. The van der Waals surface area contributed by atoms with Crippen LogP contribution >= 0.6 is 11.6 Å². The largest absolute Gasteiger partial charge is 0.481 e. The van der Waals surface area contributed by atoms with Crippen molar-refractivity contribution in [2.45, 2.75) is 45.3 Å². The number of benzene rings is 1. The van der Waals surface area contributed by atoms with Crippen LogP contribution in [0.5, 0.6) is 0 Å². The van der Waals surface area contributed by atoms with Crippen molar-refractivity contribution in [1.29, 1.82) is 0 Å². The summed E-state index contributed by atoms with van der Waals surface area (Å²) in [5.74, 6) is -1.63. The van der Waals surface area contributed by atoms with E-state index >= 15 is 0 Å². The van der Waals surface area contributed by atoms with Crippen LogP contribution in [0.2, 0.25) is 0 Å². The minimum Gasteiger partial charge on any atom is -0.481 e. The standard InChI is InChI=1S/C18H24ClNO6/c1-18(2,3)26-16(23)15(13-8-5-4-6-9-13)20(17(24)25-12-19)11-7-10-14(21)22/h4-6,8-9,15H,7,10-12H2,1-3H3,(H,21,22)/t15-/m0/s1. The zero-order valence-corrected chi connectivity index (χ0v) is 15.9. The summed E-state index contributed by atoms with van der Waals surface area (Å²) >= 11 is 5.48. The van der Waals surface area contributed by atoms with Gasteiger partial charge >= 0.3 is 18.0 Å². The maximum absolute atomic E-state index is 12.8. The number of carboxylic acids is 1. The lowest BCUT2D eigenvalue weighted by Gasteiger charge is -2.32. The van der Waals surface area contributed by atoms with Gasteiger partial charge in [0.05, 0.1) is 0 Å². The number of alkyl halides is 1. The van der Waals surface area contributed by atoms with E-state index < -0.39 is 29.7 Å². The molecule has 1 atom stereocenters. The average Bonchev–Trinajstić information content (AvgIpc) is 2.53. The lowest BCUT2D eigenvalue weighted by atomic mass is 10.0. The van der Waals surface area contributed by atoms with Crippen LogP contribution in [0.25, 0.3) is 0 Å². The summed E-state index contributed by atoms with van der Waals surface area (Å²) in [5, 5.41) is 8.84. The Morgan fingerprint density at radius 2 is 1.81 bits per heavy atom. The molecule has 0 aliphatic heterocycles. The van der Waals surface area contributed by atoms with E-state index in [-0.39, 0.29) is 25.5 Å². The second-order valence-electron chi connectivity index (χ2n) is 6.56. The molecule has 0 saturated carbocycles. The molecule has 0 aliphatic carbocycles. The smallest absolute Gasteiger partial charge is 0.411 e. The highest BCUT2D eigenvalue weighted by Gasteiger charge is 2.35. The van der Waals surface area contributed by atoms with Gasteiger partial charge in [-0.25, -0.2) is 9.59 Å². The van der Waals surface area contributed by atoms with Crippen LogP contribution in [0.3, 0.4) is 0 Å². The van der Waals surface area contributed by atoms with E-state index in [4.69, 9.17) is 26.2 Å². The second kappa shape index (κ2) is 10.0. The van der Waals surface area contributed by atoms with Crippen LogP contribution in [0.15, 0.2) is 30.3 Å². The van der Waals surface area contributed by atoms with Gasteiger partial charge in [-0.2, -0.15) is 0 Å². The first-order valence-corrected chi connectivity index (χ1v) is 8.68. The van der Waals surface area contributed by atoms with Crippen molar-refractivity contribution in [3.05, 3.63) is 35.9 Å². The molecule has 0 bridgehead atoms. The normalized spacial score (nSPS) is 12.2. The maximum Gasteiger partial charge on any atom is 0.411 e. The summed E-state index contributed by atoms with van der Waals surface area (Å²) in [7, 11) is 0. The molecular weight excluding hydrogens is 362 g/mol. The third-order valence-corrected chi connectivity index (χ3v) is 3.37. The van der Waals surface area contributed by atoms with Gasteiger partial charge in [0, 0.05) is 13.0 Å². The van der Waals surface area contributed by atoms with Crippen LogP contribution < -0.4 is 0 Å². The Balaban J connectivity index is 3.19. The number of carboxylic acid groups (broad SMARTS) is 1. The third-order valence-electron chi connectivity index (χ3n) is 3.26. The number of carbonyl (C=O) groups is 3. The third kappa shape index (κ3) is 7.31. The number of esters is 1. The predicted octanol–water partition coefficient (Wildman–Crippen LogP) is 3.57. The zero-order valence-electron chi connectivity index (χ0n) is 15.1. The van der Waals surface area contributed by atoms with E-state index in [1.54, 1.807) is 51.1 Å². The molecule has 1 aromatic carbocycles. The van der Waals surface area contributed by atoms with E-state index in [1.807, 2.05) is 0 Å². The molecule has 0 radical (unpaired) electrons. The summed E-state index contributed by atoms with van der Waals surface area (Å²) in [6.45, 7) is 5.16. The molecule has 0 saturated heterocycles. The van der Waals surface area contributed by atoms with Gasteiger partial charge in [-0.3, -0.25) is 9.69 Å². The van der Waals surface area contributed by atoms with Gasteiger partial charge in [0.25, 0.3) is 0 Å². The highest BCUT2D eigenvalue weighted by molar-refractivity contribution is 6.17. The quantitative estimate of drug-likeness (QED) is 0.543. The first kappa shape index (κ1) is 21.8. The Bertz CT molecular complexity index is 614. The van der Waals surface area contributed by atoms with Gasteiger partial charge in [0.15, 0.2) is 12.1 Å². The lowest BCUT2D eigenvalue weighted by Crippen LogP contribution is -2.42. The van der Waals surface area contributed by atoms with Crippen LogP contribution in [-0.2, 0) is 19.1 Å². The average molecular weight is 386 g/mol. The molecule has 1 rings (SSSR count). The summed E-state index contributed by atoms with van der Waals surface area (Å²) in [6, 6.07) is 7.16. The number of hydrogen-bond acceptors (Lipinski definition) is 5. The van der Waals surface area contributed by atoms with Gasteiger partial charge in [-0.15, -0.1) is 0 Å². The SMILES string of the molecule is CC(C)(C)OC(=O)[C@H](c1ccccc1)N(CCCC(=O)O)C(=O)OCCl. The van der Waals surface area contributed by atoms with Crippen molar-refractivity contribution in [2.75, 3.05) is 12.6 Å². The first-order chi connectivity index (χ1) is 12.2. The molecule has 0 aromatic heterocycles. The van der Waals surface area contributed by atoms with E-state index in [2.05, 4.69) is 0 Å². The summed E-state index contributed by atoms with van der Waals surface area (Å²) < 4.78 is 10.3. The molecule has 1 N–H and O–H groups in total.